The third-order valence-corrected chi connectivity index (χ3v) is 6.06. The van der Waals surface area contributed by atoms with Crippen molar-refractivity contribution in [2.24, 2.45) is 0 Å². The van der Waals surface area contributed by atoms with E-state index in [1.165, 1.54) is 0 Å². The molecule has 7 nitrogen and oxygen atoms in total. The van der Waals surface area contributed by atoms with Crippen molar-refractivity contribution in [3.8, 4) is 18.0 Å². The highest BCUT2D eigenvalue weighted by Gasteiger charge is 2.44. The lowest BCUT2D eigenvalue weighted by Crippen LogP contribution is -2.33. The standard InChI is InChI=1S/C22H21ClF2N6O/c1-13-14(2-3-19(28-13)32-11-18(24)25)9-31-7-4-15-16(8-26)20(23)29-21(17(15)10-31)30-22(12-27)5-6-22/h2-3,18H,4-7,9-11H2,1H3,(H,29,30). The molecule has 0 saturated heterocycles. The molecule has 0 radical (unpaired) electrons. The van der Waals surface area contributed by atoms with E-state index in [2.05, 4.69) is 32.3 Å². The summed E-state index contributed by atoms with van der Waals surface area (Å²) in [5, 5.41) is 22.4. The maximum Gasteiger partial charge on any atom is 0.272 e. The number of alkyl halides is 2. The monoisotopic (exact) mass is 458 g/mol. The molecule has 1 fully saturated rings. The van der Waals surface area contributed by atoms with E-state index in [1.807, 2.05) is 13.0 Å². The number of hydrogen-bond acceptors (Lipinski definition) is 7. The molecule has 0 unspecified atom stereocenters. The first-order valence-electron chi connectivity index (χ1n) is 10.2. The minimum Gasteiger partial charge on any atom is -0.472 e. The summed E-state index contributed by atoms with van der Waals surface area (Å²) in [6.07, 6.45) is -0.445. The molecule has 2 aromatic heterocycles. The Balaban J connectivity index is 1.55. The summed E-state index contributed by atoms with van der Waals surface area (Å²) < 4.78 is 29.7. The summed E-state index contributed by atoms with van der Waals surface area (Å²) in [6.45, 7) is 2.94. The normalized spacial score (nSPS) is 16.7. The molecular weight excluding hydrogens is 438 g/mol. The predicted molar refractivity (Wildman–Crippen MR) is 113 cm³/mol. The summed E-state index contributed by atoms with van der Waals surface area (Å²) in [5.74, 6) is 0.726. The molecule has 0 amide bonds. The van der Waals surface area contributed by atoms with E-state index in [1.54, 1.807) is 6.07 Å². The summed E-state index contributed by atoms with van der Waals surface area (Å²) in [5.41, 5.74) is 3.16. The maximum atomic E-state index is 12.4. The second-order valence-electron chi connectivity index (χ2n) is 8.07. The van der Waals surface area contributed by atoms with Gasteiger partial charge in [0.05, 0.1) is 11.6 Å². The van der Waals surface area contributed by atoms with Gasteiger partial charge >= 0.3 is 0 Å². The average Bonchev–Trinajstić information content (AvgIpc) is 3.54. The number of nitriles is 2. The van der Waals surface area contributed by atoms with Gasteiger partial charge in [0.25, 0.3) is 6.43 Å². The predicted octanol–water partition coefficient (Wildman–Crippen LogP) is 3.98. The van der Waals surface area contributed by atoms with Crippen molar-refractivity contribution in [1.82, 2.24) is 14.9 Å². The quantitative estimate of drug-likeness (QED) is 0.626. The fourth-order valence-electron chi connectivity index (χ4n) is 3.83. The lowest BCUT2D eigenvalue weighted by atomic mass is 9.95. The van der Waals surface area contributed by atoms with E-state index in [0.29, 0.717) is 43.1 Å². The molecule has 2 aromatic rings. The molecule has 1 aliphatic carbocycles. The summed E-state index contributed by atoms with van der Waals surface area (Å²) >= 11 is 6.27. The van der Waals surface area contributed by atoms with Crippen molar-refractivity contribution in [2.45, 2.75) is 51.2 Å². The van der Waals surface area contributed by atoms with Gasteiger partial charge in [0.1, 0.15) is 22.6 Å². The van der Waals surface area contributed by atoms with Gasteiger partial charge in [0, 0.05) is 37.0 Å². The van der Waals surface area contributed by atoms with Crippen LogP contribution in [-0.2, 0) is 19.5 Å². The molecule has 10 heteroatoms. The number of aryl methyl sites for hydroxylation is 1. The SMILES string of the molecule is Cc1nc(OCC(F)F)ccc1CN1CCc2c(C#N)c(Cl)nc(NC3(C#N)CC3)c2C1. The van der Waals surface area contributed by atoms with E-state index in [9.17, 15) is 19.3 Å². The first-order valence-corrected chi connectivity index (χ1v) is 10.6. The van der Waals surface area contributed by atoms with E-state index in [-0.39, 0.29) is 11.0 Å². The van der Waals surface area contributed by atoms with Gasteiger partial charge in [-0.05, 0) is 37.3 Å². The van der Waals surface area contributed by atoms with Crippen LogP contribution in [0.25, 0.3) is 0 Å². The Hall–Kier alpha value is -3.01. The molecule has 1 saturated carbocycles. The van der Waals surface area contributed by atoms with Crippen LogP contribution in [0.2, 0.25) is 5.15 Å². The van der Waals surface area contributed by atoms with Crippen LogP contribution in [0.15, 0.2) is 12.1 Å². The topological polar surface area (TPSA) is 97.9 Å². The van der Waals surface area contributed by atoms with Gasteiger partial charge in [-0.3, -0.25) is 4.90 Å². The minimum atomic E-state index is -2.55. The maximum absolute atomic E-state index is 12.4. The van der Waals surface area contributed by atoms with E-state index in [4.69, 9.17) is 16.3 Å². The lowest BCUT2D eigenvalue weighted by Gasteiger charge is -2.31. The molecule has 2 aliphatic rings. The number of aromatic nitrogens is 2. The molecule has 0 aromatic carbocycles. The van der Waals surface area contributed by atoms with E-state index in [0.717, 1.165) is 29.5 Å². The van der Waals surface area contributed by atoms with Crippen molar-refractivity contribution < 1.29 is 13.5 Å². The summed E-state index contributed by atoms with van der Waals surface area (Å²) in [4.78, 5) is 10.9. The molecule has 0 atom stereocenters. The molecular formula is C22H21ClF2N6O. The zero-order valence-corrected chi connectivity index (χ0v) is 18.2. The summed E-state index contributed by atoms with van der Waals surface area (Å²) in [7, 11) is 0. The molecule has 1 N–H and O–H groups in total. The number of hydrogen-bond donors (Lipinski definition) is 1. The van der Waals surface area contributed by atoms with Crippen molar-refractivity contribution in [2.75, 3.05) is 18.5 Å². The number of nitrogens with one attached hydrogen (secondary N) is 1. The van der Waals surface area contributed by atoms with Gasteiger partial charge in [-0.2, -0.15) is 10.5 Å². The van der Waals surface area contributed by atoms with Crippen molar-refractivity contribution >= 4 is 17.4 Å². The second-order valence-corrected chi connectivity index (χ2v) is 8.43. The van der Waals surface area contributed by atoms with Crippen LogP contribution < -0.4 is 10.1 Å². The van der Waals surface area contributed by atoms with Gasteiger partial charge in [0.15, 0.2) is 6.61 Å². The van der Waals surface area contributed by atoms with Crippen molar-refractivity contribution in [1.29, 1.82) is 10.5 Å². The zero-order valence-electron chi connectivity index (χ0n) is 17.5. The Morgan fingerprint density at radius 2 is 2.06 bits per heavy atom. The highest BCUT2D eigenvalue weighted by atomic mass is 35.5. The first-order chi connectivity index (χ1) is 15.3. The molecule has 0 spiro atoms. The fourth-order valence-corrected chi connectivity index (χ4v) is 4.07. The van der Waals surface area contributed by atoms with Crippen LogP contribution >= 0.6 is 11.6 Å². The minimum absolute atomic E-state index is 0.148. The van der Waals surface area contributed by atoms with E-state index < -0.39 is 18.6 Å². The van der Waals surface area contributed by atoms with Crippen LogP contribution in [0.3, 0.4) is 0 Å². The zero-order chi connectivity index (χ0) is 22.9. The number of nitrogens with zero attached hydrogens (tertiary/aromatic N) is 5. The Kier molecular flexibility index (Phi) is 6.14. The van der Waals surface area contributed by atoms with Crippen LogP contribution in [0.4, 0.5) is 14.6 Å². The number of anilines is 1. The van der Waals surface area contributed by atoms with Crippen LogP contribution in [0.1, 0.15) is 40.8 Å². The largest absolute Gasteiger partial charge is 0.472 e. The van der Waals surface area contributed by atoms with Gasteiger partial charge in [-0.25, -0.2) is 18.7 Å². The van der Waals surface area contributed by atoms with Gasteiger partial charge in [-0.1, -0.05) is 17.7 Å². The lowest BCUT2D eigenvalue weighted by molar-refractivity contribution is 0.0795. The van der Waals surface area contributed by atoms with Crippen molar-refractivity contribution in [3.63, 3.8) is 0 Å². The molecule has 4 rings (SSSR count). The van der Waals surface area contributed by atoms with Crippen molar-refractivity contribution in [3.05, 3.63) is 45.2 Å². The van der Waals surface area contributed by atoms with Crippen LogP contribution in [0.5, 0.6) is 5.88 Å². The van der Waals surface area contributed by atoms with Crippen LogP contribution in [0, 0.1) is 29.6 Å². The molecule has 32 heavy (non-hydrogen) atoms. The second kappa shape index (κ2) is 8.85. The molecule has 0 bridgehead atoms. The summed E-state index contributed by atoms with van der Waals surface area (Å²) in [6, 6.07) is 7.88. The third kappa shape index (κ3) is 4.59. The first kappa shape index (κ1) is 22.2. The molecule has 166 valence electrons. The van der Waals surface area contributed by atoms with E-state index >= 15 is 0 Å². The number of rotatable bonds is 7. The number of halogens is 3. The highest BCUT2D eigenvalue weighted by Crippen LogP contribution is 2.41. The fraction of sp³-hybridized carbons (Fsp3) is 0.455. The van der Waals surface area contributed by atoms with Crippen LogP contribution in [-0.4, -0.2) is 40.0 Å². The molecule has 1 aliphatic heterocycles. The Bertz CT molecular complexity index is 1120. The highest BCUT2D eigenvalue weighted by molar-refractivity contribution is 6.30. The Morgan fingerprint density at radius 1 is 1.28 bits per heavy atom. The Morgan fingerprint density at radius 3 is 2.69 bits per heavy atom. The average molecular weight is 459 g/mol. The van der Waals surface area contributed by atoms with Gasteiger partial charge in [-0.15, -0.1) is 0 Å². The number of fused-ring (bicyclic) bond motifs is 1. The molecule has 3 heterocycles. The van der Waals surface area contributed by atoms with Gasteiger partial charge < -0.3 is 10.1 Å². The number of pyridine rings is 2. The van der Waals surface area contributed by atoms with Gasteiger partial charge in [0.2, 0.25) is 5.88 Å². The number of ether oxygens (including phenoxy) is 1. The third-order valence-electron chi connectivity index (χ3n) is 5.78. The smallest absolute Gasteiger partial charge is 0.272 e. The Labute approximate surface area is 189 Å².